The number of aliphatic hydroxyl groups excluding tert-OH is 3. The fourth-order valence-electron chi connectivity index (χ4n) is 6.96. The average Bonchev–Trinajstić information content (AvgIpc) is 3.48. The van der Waals surface area contributed by atoms with Crippen LogP contribution in [0.3, 0.4) is 0 Å². The smallest absolute Gasteiger partial charge is 0.259 e. The van der Waals surface area contributed by atoms with Crippen molar-refractivity contribution in [3.05, 3.63) is 59.9 Å². The van der Waals surface area contributed by atoms with Crippen molar-refractivity contribution in [1.82, 2.24) is 10.6 Å². The van der Waals surface area contributed by atoms with Gasteiger partial charge in [0.15, 0.2) is 5.78 Å². The van der Waals surface area contributed by atoms with Crippen LogP contribution >= 0.6 is 0 Å². The van der Waals surface area contributed by atoms with E-state index in [9.17, 15) is 29.7 Å². The van der Waals surface area contributed by atoms with E-state index >= 15 is 0 Å². The zero-order chi connectivity index (χ0) is 26.7. The van der Waals surface area contributed by atoms with Crippen molar-refractivity contribution in [2.45, 2.75) is 57.8 Å². The normalized spacial score (nSPS) is 44.3. The number of fused-ring (bicyclic) bond motifs is 5. The molecule has 4 aliphatic rings. The van der Waals surface area contributed by atoms with E-state index in [1.807, 2.05) is 6.08 Å². The molecule has 2 saturated carbocycles. The molecule has 0 aromatic carbocycles. The first-order valence-corrected chi connectivity index (χ1v) is 13.3. The molecule has 2 aliphatic heterocycles. The van der Waals surface area contributed by atoms with Crippen LogP contribution in [-0.2, 0) is 14.4 Å². The number of hydrogen-bond acceptors (Lipinski definition) is 6. The van der Waals surface area contributed by atoms with E-state index in [0.717, 1.165) is 12.8 Å². The Balaban J connectivity index is 1.62. The van der Waals surface area contributed by atoms with E-state index in [1.54, 1.807) is 18.2 Å². The number of aliphatic hydroxyl groups is 3. The first-order valence-electron chi connectivity index (χ1n) is 13.3. The van der Waals surface area contributed by atoms with E-state index in [2.05, 4.69) is 30.6 Å². The lowest BCUT2D eigenvalue weighted by atomic mass is 9.76. The third-order valence-corrected chi connectivity index (χ3v) is 8.75. The van der Waals surface area contributed by atoms with Crippen LogP contribution in [0.25, 0.3) is 0 Å². The van der Waals surface area contributed by atoms with Gasteiger partial charge in [0.1, 0.15) is 17.4 Å². The number of carbonyl (C=O) groups excluding carboxylic acids is 3. The second kappa shape index (κ2) is 11.6. The van der Waals surface area contributed by atoms with Crippen LogP contribution in [-0.4, -0.2) is 57.7 Å². The van der Waals surface area contributed by atoms with Gasteiger partial charge >= 0.3 is 0 Å². The molecule has 0 radical (unpaired) electrons. The van der Waals surface area contributed by atoms with Crippen molar-refractivity contribution in [1.29, 1.82) is 0 Å². The minimum atomic E-state index is -1.22. The van der Waals surface area contributed by atoms with Gasteiger partial charge in [-0.05, 0) is 60.8 Å². The first kappa shape index (κ1) is 27.1. The van der Waals surface area contributed by atoms with Crippen molar-refractivity contribution >= 4 is 17.6 Å². The van der Waals surface area contributed by atoms with E-state index in [4.69, 9.17) is 0 Å². The number of nitrogens with one attached hydrogen (secondary N) is 2. The Morgan fingerprint density at radius 1 is 0.973 bits per heavy atom. The summed E-state index contributed by atoms with van der Waals surface area (Å²) in [6.45, 7) is 4.63. The van der Waals surface area contributed by atoms with E-state index in [0.29, 0.717) is 23.7 Å². The van der Waals surface area contributed by atoms with E-state index in [-0.39, 0.29) is 30.7 Å². The molecule has 2 amide bonds. The molecule has 2 bridgehead atoms. The van der Waals surface area contributed by atoms with Crippen LogP contribution in [0.2, 0.25) is 0 Å². The molecule has 2 aliphatic carbocycles. The summed E-state index contributed by atoms with van der Waals surface area (Å²) >= 11 is 0. The van der Waals surface area contributed by atoms with Gasteiger partial charge in [0, 0.05) is 12.6 Å². The largest absolute Gasteiger partial charge is 0.507 e. The second-order valence-electron chi connectivity index (χ2n) is 10.8. The molecule has 0 aromatic heterocycles. The fraction of sp³-hybridized carbons (Fsp3) is 0.552. The number of rotatable bonds is 1. The molecule has 8 nitrogen and oxygen atoms in total. The summed E-state index contributed by atoms with van der Waals surface area (Å²) < 4.78 is 0. The summed E-state index contributed by atoms with van der Waals surface area (Å²) in [6.07, 6.45) is 14.5. The monoisotopic (exact) mass is 510 g/mol. The van der Waals surface area contributed by atoms with Gasteiger partial charge in [-0.1, -0.05) is 56.7 Å². The Hall–Kier alpha value is -2.97. The molecule has 4 rings (SSSR count). The average molecular weight is 511 g/mol. The molecular formula is C29H38N2O6. The molecule has 3 fully saturated rings. The van der Waals surface area contributed by atoms with Gasteiger partial charge in [0.05, 0.1) is 12.2 Å². The van der Waals surface area contributed by atoms with Crippen LogP contribution in [0.5, 0.6) is 0 Å². The van der Waals surface area contributed by atoms with Gasteiger partial charge in [0.2, 0.25) is 5.91 Å². The van der Waals surface area contributed by atoms with Gasteiger partial charge in [-0.3, -0.25) is 14.4 Å². The van der Waals surface area contributed by atoms with Gasteiger partial charge in [-0.25, -0.2) is 0 Å². The third-order valence-electron chi connectivity index (χ3n) is 8.75. The number of allylic oxidation sites excluding steroid dienone is 6. The molecule has 2 heterocycles. The number of amides is 2. The minimum absolute atomic E-state index is 0.0293. The summed E-state index contributed by atoms with van der Waals surface area (Å²) in [5.74, 6) is 0.00864. The van der Waals surface area contributed by atoms with Crippen LogP contribution in [0.1, 0.15) is 39.5 Å². The zero-order valence-electron chi connectivity index (χ0n) is 21.4. The molecule has 8 heteroatoms. The number of carbonyl (C=O) groups is 3. The highest BCUT2D eigenvalue weighted by molar-refractivity contribution is 6.27. The topological polar surface area (TPSA) is 136 Å². The van der Waals surface area contributed by atoms with Gasteiger partial charge in [0.25, 0.3) is 5.91 Å². The molecule has 9 atom stereocenters. The number of ketones is 1. The Labute approximate surface area is 217 Å². The molecule has 1 saturated heterocycles. The molecule has 0 spiro atoms. The first-order chi connectivity index (χ1) is 17.7. The highest BCUT2D eigenvalue weighted by Crippen LogP contribution is 2.57. The molecule has 0 unspecified atom stereocenters. The lowest BCUT2D eigenvalue weighted by molar-refractivity contribution is -0.118. The van der Waals surface area contributed by atoms with Crippen LogP contribution < -0.4 is 10.6 Å². The Morgan fingerprint density at radius 2 is 1.70 bits per heavy atom. The van der Waals surface area contributed by atoms with Gasteiger partial charge in [-0.15, -0.1) is 0 Å². The standard InChI is InChI=1S/C29H38N2O6/c1-3-17-14-19-15-18-8-4-7-11-23(35)30-13-12-22(34)27-28(36)26(29(37)31-27)21(33)10-6-5-9-20(32)25(18)24(19)16(17)2/h4-11,16-20,22,24-25,27,32-34H,3,12-15H2,1-2H3,(H,30,35)(H,31,37)/b8-4+,9-5+,10-6+,11-7+,26-21+/t16-,17-,18+,19+,20-,22-,24+,25-,27-/m0/s1. The molecule has 0 aromatic rings. The molecular weight excluding hydrogens is 472 g/mol. The maximum absolute atomic E-state index is 12.7. The fourth-order valence-corrected chi connectivity index (χ4v) is 6.96. The summed E-state index contributed by atoms with van der Waals surface area (Å²) in [7, 11) is 0. The Bertz CT molecular complexity index is 1060. The number of Topliss-reactive ketones (excluding diaryl/α,β-unsaturated/α-hetero) is 1. The number of hydrogen-bond donors (Lipinski definition) is 5. The van der Waals surface area contributed by atoms with E-state index in [1.165, 1.54) is 24.6 Å². The quantitative estimate of drug-likeness (QED) is 0.344. The lowest BCUT2D eigenvalue weighted by Crippen LogP contribution is -2.42. The SMILES string of the molecule is CC[C@H]1C[C@@H]2C[C@H]3/C=C/C=C/C(=O)NCC[C@H](O)[C@@H]4NC(=O)\C(=C(O)/C=C/C=C/[C@H](O)[C@H]3[C@@H]2[C@H]1C)C4=O. The van der Waals surface area contributed by atoms with Crippen molar-refractivity contribution in [3.63, 3.8) is 0 Å². The molecule has 5 N–H and O–H groups in total. The van der Waals surface area contributed by atoms with Crippen molar-refractivity contribution in [2.24, 2.45) is 35.5 Å². The van der Waals surface area contributed by atoms with Gasteiger partial charge in [-0.2, -0.15) is 0 Å². The van der Waals surface area contributed by atoms with E-state index < -0.39 is 41.3 Å². The maximum atomic E-state index is 12.7. The predicted molar refractivity (Wildman–Crippen MR) is 139 cm³/mol. The Kier molecular flexibility index (Phi) is 8.49. The zero-order valence-corrected chi connectivity index (χ0v) is 21.4. The maximum Gasteiger partial charge on any atom is 0.259 e. The predicted octanol–water partition coefficient (Wildman–Crippen LogP) is 2.27. The minimum Gasteiger partial charge on any atom is -0.507 e. The summed E-state index contributed by atoms with van der Waals surface area (Å²) in [5.41, 5.74) is -0.412. The van der Waals surface area contributed by atoms with Crippen molar-refractivity contribution in [3.8, 4) is 0 Å². The van der Waals surface area contributed by atoms with Crippen LogP contribution in [0.15, 0.2) is 59.9 Å². The van der Waals surface area contributed by atoms with Crippen molar-refractivity contribution < 1.29 is 29.7 Å². The highest BCUT2D eigenvalue weighted by atomic mass is 16.3. The summed E-state index contributed by atoms with van der Waals surface area (Å²) in [5, 5.41) is 37.1. The Morgan fingerprint density at radius 3 is 2.46 bits per heavy atom. The van der Waals surface area contributed by atoms with Crippen molar-refractivity contribution in [2.75, 3.05) is 6.54 Å². The third kappa shape index (κ3) is 5.65. The summed E-state index contributed by atoms with van der Waals surface area (Å²) in [4.78, 5) is 37.2. The van der Waals surface area contributed by atoms with Crippen LogP contribution in [0.4, 0.5) is 0 Å². The van der Waals surface area contributed by atoms with Gasteiger partial charge < -0.3 is 26.0 Å². The van der Waals surface area contributed by atoms with Crippen LogP contribution in [0, 0.1) is 35.5 Å². The highest BCUT2D eigenvalue weighted by Gasteiger charge is 2.52. The second-order valence-corrected chi connectivity index (χ2v) is 10.8. The molecule has 200 valence electrons. The summed E-state index contributed by atoms with van der Waals surface area (Å²) in [6, 6.07) is -1.19. The lowest BCUT2D eigenvalue weighted by Gasteiger charge is -2.30. The molecule has 37 heavy (non-hydrogen) atoms.